The molecule has 2 aromatic rings. The lowest BCUT2D eigenvalue weighted by Gasteiger charge is -2.26. The molecule has 1 N–H and O–H groups in total. The van der Waals surface area contributed by atoms with Gasteiger partial charge in [0.15, 0.2) is 0 Å². The zero-order chi connectivity index (χ0) is 18.0. The molecule has 0 spiro atoms. The highest BCUT2D eigenvalue weighted by Gasteiger charge is 2.23. The normalized spacial score (nSPS) is 14.0. The molecule has 25 heavy (non-hydrogen) atoms. The summed E-state index contributed by atoms with van der Waals surface area (Å²) in [7, 11) is 1.47. The van der Waals surface area contributed by atoms with Crippen molar-refractivity contribution in [3.8, 4) is 5.88 Å². The van der Waals surface area contributed by atoms with Crippen molar-refractivity contribution in [2.45, 2.75) is 39.0 Å². The van der Waals surface area contributed by atoms with Gasteiger partial charge >= 0.3 is 5.97 Å². The second kappa shape index (κ2) is 7.09. The third-order valence-electron chi connectivity index (χ3n) is 4.50. The Hall–Kier alpha value is -2.63. The van der Waals surface area contributed by atoms with E-state index < -0.39 is 5.97 Å². The van der Waals surface area contributed by atoms with Crippen LogP contribution in [0.1, 0.15) is 54.9 Å². The topological polar surface area (TPSA) is 77.5 Å². The van der Waals surface area contributed by atoms with Crippen molar-refractivity contribution in [1.29, 1.82) is 0 Å². The summed E-state index contributed by atoms with van der Waals surface area (Å²) in [5.41, 5.74) is 2.76. The fourth-order valence-corrected chi connectivity index (χ4v) is 3.06. The molecule has 1 aromatic heterocycles. The number of nitrogens with one attached hydrogen (secondary N) is 1. The average molecular weight is 342 g/mol. The van der Waals surface area contributed by atoms with Gasteiger partial charge in [0.1, 0.15) is 5.56 Å². The minimum Gasteiger partial charge on any atom is -0.480 e. The fraction of sp³-hybridized carbons (Fsp3) is 0.421. The minimum absolute atomic E-state index is 0.166. The fourth-order valence-electron chi connectivity index (χ4n) is 3.06. The van der Waals surface area contributed by atoms with Crippen molar-refractivity contribution < 1.29 is 19.1 Å². The number of carbonyl (C=O) groups is 2. The third-order valence-corrected chi connectivity index (χ3v) is 4.50. The number of benzene rings is 1. The zero-order valence-electron chi connectivity index (χ0n) is 14.7. The molecule has 6 heteroatoms. The molecule has 1 aliphatic rings. The molecule has 1 amide bonds. The molecular weight excluding hydrogens is 320 g/mol. The third kappa shape index (κ3) is 3.43. The van der Waals surface area contributed by atoms with Gasteiger partial charge in [0.05, 0.1) is 24.9 Å². The van der Waals surface area contributed by atoms with Gasteiger partial charge in [-0.3, -0.25) is 4.79 Å². The lowest BCUT2D eigenvalue weighted by atomic mass is 9.79. The smallest absolute Gasteiger partial charge is 0.343 e. The van der Waals surface area contributed by atoms with E-state index in [2.05, 4.69) is 10.3 Å². The van der Waals surface area contributed by atoms with Crippen LogP contribution in [-0.4, -0.2) is 30.6 Å². The molecule has 1 fully saturated rings. The summed E-state index contributed by atoms with van der Waals surface area (Å²) in [5.74, 6) is 0.0612. The first-order valence-electron chi connectivity index (χ1n) is 8.50. The Morgan fingerprint density at radius 1 is 1.28 bits per heavy atom. The number of nitrogens with zero attached hydrogens (tertiary/aromatic N) is 1. The van der Waals surface area contributed by atoms with Crippen molar-refractivity contribution in [2.24, 2.45) is 0 Å². The Kier molecular flexibility index (Phi) is 4.88. The molecule has 1 aliphatic carbocycles. The van der Waals surface area contributed by atoms with Gasteiger partial charge in [-0.2, -0.15) is 0 Å². The average Bonchev–Trinajstić information content (AvgIpc) is 2.51. The number of amides is 1. The molecule has 0 unspecified atom stereocenters. The highest BCUT2D eigenvalue weighted by molar-refractivity contribution is 6.04. The quantitative estimate of drug-likeness (QED) is 0.839. The van der Waals surface area contributed by atoms with Gasteiger partial charge in [-0.15, -0.1) is 0 Å². The van der Waals surface area contributed by atoms with E-state index >= 15 is 0 Å². The monoisotopic (exact) mass is 342 g/mol. The summed E-state index contributed by atoms with van der Waals surface area (Å²) < 4.78 is 10.4. The second-order valence-electron chi connectivity index (χ2n) is 6.21. The summed E-state index contributed by atoms with van der Waals surface area (Å²) in [4.78, 5) is 28.3. The summed E-state index contributed by atoms with van der Waals surface area (Å²) in [6.07, 6.45) is 3.50. The molecule has 0 aliphatic heterocycles. The predicted octanol–water partition coefficient (Wildman–Crippen LogP) is 3.65. The van der Waals surface area contributed by atoms with E-state index in [0.717, 1.165) is 18.4 Å². The molecule has 0 atom stereocenters. The van der Waals surface area contributed by atoms with Crippen molar-refractivity contribution in [3.05, 3.63) is 29.3 Å². The van der Waals surface area contributed by atoms with Crippen LogP contribution in [0.5, 0.6) is 5.88 Å². The number of anilines is 1. The molecule has 3 rings (SSSR count). The number of hydrogen-bond acceptors (Lipinski definition) is 5. The van der Waals surface area contributed by atoms with Crippen LogP contribution < -0.4 is 10.1 Å². The van der Waals surface area contributed by atoms with E-state index in [4.69, 9.17) is 9.47 Å². The molecule has 132 valence electrons. The Balaban J connectivity index is 2.18. The maximum absolute atomic E-state index is 12.2. The Bertz CT molecular complexity index is 828. The Morgan fingerprint density at radius 2 is 2.04 bits per heavy atom. The van der Waals surface area contributed by atoms with Crippen molar-refractivity contribution in [3.63, 3.8) is 0 Å². The van der Waals surface area contributed by atoms with Crippen LogP contribution in [0, 0.1) is 0 Å². The largest absolute Gasteiger partial charge is 0.480 e. The highest BCUT2D eigenvalue weighted by atomic mass is 16.5. The van der Waals surface area contributed by atoms with Gasteiger partial charge in [0, 0.05) is 12.3 Å². The number of esters is 1. The first-order valence-corrected chi connectivity index (χ1v) is 8.50. The maximum Gasteiger partial charge on any atom is 0.343 e. The predicted molar refractivity (Wildman–Crippen MR) is 95.1 cm³/mol. The van der Waals surface area contributed by atoms with E-state index in [0.29, 0.717) is 22.5 Å². The van der Waals surface area contributed by atoms with E-state index in [1.807, 2.05) is 12.1 Å². The van der Waals surface area contributed by atoms with Crippen molar-refractivity contribution >= 4 is 28.5 Å². The first-order chi connectivity index (χ1) is 12.0. The van der Waals surface area contributed by atoms with E-state index in [1.165, 1.54) is 20.5 Å². The molecule has 1 heterocycles. The van der Waals surface area contributed by atoms with Crippen molar-refractivity contribution in [1.82, 2.24) is 4.98 Å². The zero-order valence-corrected chi connectivity index (χ0v) is 14.7. The number of methoxy groups -OCH3 is 1. The first kappa shape index (κ1) is 17.2. The van der Waals surface area contributed by atoms with Crippen LogP contribution in [0.4, 0.5) is 5.69 Å². The SMILES string of the molecule is CCOC(=O)c1cc2c(NC(C)=O)cc(C3CCC3)cc2nc1OC. The van der Waals surface area contributed by atoms with Crippen LogP contribution in [0.15, 0.2) is 18.2 Å². The number of ether oxygens (including phenoxy) is 2. The van der Waals surface area contributed by atoms with Gasteiger partial charge in [0.25, 0.3) is 0 Å². The van der Waals surface area contributed by atoms with Gasteiger partial charge in [0.2, 0.25) is 11.8 Å². The number of carbonyl (C=O) groups excluding carboxylic acids is 2. The summed E-state index contributed by atoms with van der Waals surface area (Å²) >= 11 is 0. The highest BCUT2D eigenvalue weighted by Crippen LogP contribution is 2.40. The lowest BCUT2D eigenvalue weighted by molar-refractivity contribution is -0.114. The maximum atomic E-state index is 12.2. The summed E-state index contributed by atoms with van der Waals surface area (Å²) in [6, 6.07) is 5.67. The molecule has 0 bridgehead atoms. The number of pyridine rings is 1. The van der Waals surface area contributed by atoms with E-state index in [-0.39, 0.29) is 24.0 Å². The number of rotatable bonds is 5. The standard InChI is InChI=1S/C19H22N2O4/c1-4-25-19(23)15-10-14-16(20-11(2)22)8-13(12-6-5-7-12)9-17(14)21-18(15)24-3/h8-10,12H,4-7H2,1-3H3,(H,20,22). The van der Waals surface area contributed by atoms with Gasteiger partial charge in [-0.25, -0.2) is 9.78 Å². The Morgan fingerprint density at radius 3 is 2.60 bits per heavy atom. The van der Waals surface area contributed by atoms with Crippen LogP contribution in [0.25, 0.3) is 10.9 Å². The van der Waals surface area contributed by atoms with Gasteiger partial charge in [-0.1, -0.05) is 6.42 Å². The van der Waals surface area contributed by atoms with Crippen molar-refractivity contribution in [2.75, 3.05) is 19.0 Å². The number of hydrogen-bond donors (Lipinski definition) is 1. The van der Waals surface area contributed by atoms with E-state index in [9.17, 15) is 9.59 Å². The van der Waals surface area contributed by atoms with E-state index in [1.54, 1.807) is 13.0 Å². The molecular formula is C19H22N2O4. The summed E-state index contributed by atoms with van der Waals surface area (Å²) in [6.45, 7) is 3.47. The molecule has 6 nitrogen and oxygen atoms in total. The number of aromatic nitrogens is 1. The second-order valence-corrected chi connectivity index (χ2v) is 6.21. The molecule has 1 aromatic carbocycles. The number of fused-ring (bicyclic) bond motifs is 1. The molecule has 1 saturated carbocycles. The Labute approximate surface area is 146 Å². The molecule has 0 saturated heterocycles. The lowest BCUT2D eigenvalue weighted by Crippen LogP contribution is -2.13. The van der Waals surface area contributed by atoms with Crippen LogP contribution in [-0.2, 0) is 9.53 Å². The minimum atomic E-state index is -0.495. The van der Waals surface area contributed by atoms with Crippen LogP contribution in [0.2, 0.25) is 0 Å². The molecule has 0 radical (unpaired) electrons. The van der Waals surface area contributed by atoms with Gasteiger partial charge < -0.3 is 14.8 Å². The summed E-state index contributed by atoms with van der Waals surface area (Å²) in [5, 5.41) is 3.55. The van der Waals surface area contributed by atoms with Crippen LogP contribution in [0.3, 0.4) is 0 Å². The van der Waals surface area contributed by atoms with Crippen LogP contribution >= 0.6 is 0 Å². The van der Waals surface area contributed by atoms with Gasteiger partial charge in [-0.05, 0) is 49.4 Å².